The quantitative estimate of drug-likeness (QED) is 0.843. The van der Waals surface area contributed by atoms with Gasteiger partial charge in [0.15, 0.2) is 17.8 Å². The van der Waals surface area contributed by atoms with Crippen molar-refractivity contribution in [3.8, 4) is 11.5 Å². The van der Waals surface area contributed by atoms with E-state index in [4.69, 9.17) is 14.6 Å². The molecule has 6 heteroatoms. The van der Waals surface area contributed by atoms with Gasteiger partial charge in [-0.1, -0.05) is 0 Å². The largest absolute Gasteiger partial charge is 0.486 e. The van der Waals surface area contributed by atoms with Crippen molar-refractivity contribution < 1.29 is 24.2 Å². The Morgan fingerprint density at radius 2 is 2.00 bits per heavy atom. The average Bonchev–Trinajstić information content (AvgIpc) is 2.73. The topological polar surface area (TPSA) is 77.8 Å². The smallest absolute Gasteiger partial charge is 0.323 e. The highest BCUT2D eigenvalue weighted by atomic mass is 16.6. The Bertz CT molecular complexity index is 673. The van der Waals surface area contributed by atoms with Crippen LogP contribution in [0.3, 0.4) is 0 Å². The van der Waals surface area contributed by atoms with E-state index < -0.39 is 5.97 Å². The van der Waals surface area contributed by atoms with Crippen LogP contribution in [0.25, 0.3) is 10.9 Å². The van der Waals surface area contributed by atoms with Crippen LogP contribution in [0.15, 0.2) is 18.3 Å². The predicted octanol–water partition coefficient (Wildman–Crippen LogP) is 1.31. The zero-order chi connectivity index (χ0) is 13.4. The molecule has 2 heterocycles. The number of aliphatic carboxylic acids is 1. The highest BCUT2D eigenvalue weighted by Gasteiger charge is 2.17. The normalized spacial score (nSPS) is 13.5. The molecule has 1 aromatic carbocycles. The summed E-state index contributed by atoms with van der Waals surface area (Å²) >= 11 is 0. The van der Waals surface area contributed by atoms with Gasteiger partial charge in [-0.15, -0.1) is 0 Å². The van der Waals surface area contributed by atoms with E-state index in [9.17, 15) is 9.59 Å². The summed E-state index contributed by atoms with van der Waals surface area (Å²) in [6, 6.07) is 3.42. The maximum Gasteiger partial charge on any atom is 0.323 e. The summed E-state index contributed by atoms with van der Waals surface area (Å²) in [5.41, 5.74) is 1.09. The van der Waals surface area contributed by atoms with Gasteiger partial charge in [-0.25, -0.2) is 0 Å². The van der Waals surface area contributed by atoms with Gasteiger partial charge in [-0.3, -0.25) is 9.59 Å². The number of carbonyl (C=O) groups is 2. The van der Waals surface area contributed by atoms with E-state index in [0.29, 0.717) is 47.5 Å². The summed E-state index contributed by atoms with van der Waals surface area (Å²) in [5, 5.41) is 9.55. The van der Waals surface area contributed by atoms with Gasteiger partial charge in [0.05, 0.1) is 5.52 Å². The Morgan fingerprint density at radius 1 is 1.32 bits per heavy atom. The third-order valence-corrected chi connectivity index (χ3v) is 3.01. The molecular weight excluding hydrogens is 250 g/mol. The monoisotopic (exact) mass is 261 g/mol. The Labute approximate surface area is 108 Å². The first kappa shape index (κ1) is 11.6. The second-order valence-corrected chi connectivity index (χ2v) is 4.24. The third kappa shape index (κ3) is 1.91. The number of aldehydes is 1. The van der Waals surface area contributed by atoms with E-state index in [0.717, 1.165) is 0 Å². The molecule has 1 aromatic heterocycles. The van der Waals surface area contributed by atoms with Crippen molar-refractivity contribution in [1.82, 2.24) is 4.57 Å². The molecule has 1 N–H and O–H groups in total. The minimum Gasteiger partial charge on any atom is -0.486 e. The number of hydrogen-bond donors (Lipinski definition) is 1. The van der Waals surface area contributed by atoms with Gasteiger partial charge >= 0.3 is 5.97 Å². The zero-order valence-electron chi connectivity index (χ0n) is 9.96. The number of fused-ring (bicyclic) bond motifs is 2. The first-order valence-electron chi connectivity index (χ1n) is 5.78. The molecule has 0 aliphatic carbocycles. The van der Waals surface area contributed by atoms with Crippen molar-refractivity contribution in [3.63, 3.8) is 0 Å². The van der Waals surface area contributed by atoms with Gasteiger partial charge in [0.2, 0.25) is 0 Å². The molecule has 0 bridgehead atoms. The summed E-state index contributed by atoms with van der Waals surface area (Å²) in [4.78, 5) is 21.9. The minimum atomic E-state index is -0.968. The van der Waals surface area contributed by atoms with E-state index in [1.807, 2.05) is 0 Å². The number of rotatable bonds is 3. The van der Waals surface area contributed by atoms with Crippen LogP contribution in [0.2, 0.25) is 0 Å². The summed E-state index contributed by atoms with van der Waals surface area (Å²) in [6.45, 7) is 0.716. The van der Waals surface area contributed by atoms with Crippen LogP contribution in [0, 0.1) is 0 Å². The lowest BCUT2D eigenvalue weighted by Crippen LogP contribution is -2.15. The fourth-order valence-corrected chi connectivity index (χ4v) is 2.22. The fraction of sp³-hybridized carbons (Fsp3) is 0.231. The molecule has 0 saturated carbocycles. The highest BCUT2D eigenvalue weighted by Crippen LogP contribution is 2.36. The summed E-state index contributed by atoms with van der Waals surface area (Å²) < 4.78 is 12.4. The lowest BCUT2D eigenvalue weighted by atomic mass is 10.1. The maximum atomic E-state index is 11.1. The van der Waals surface area contributed by atoms with Crippen LogP contribution in [0.4, 0.5) is 0 Å². The van der Waals surface area contributed by atoms with Gasteiger partial charge in [0.25, 0.3) is 0 Å². The van der Waals surface area contributed by atoms with E-state index in [-0.39, 0.29) is 6.54 Å². The Morgan fingerprint density at radius 3 is 2.63 bits per heavy atom. The molecule has 0 spiro atoms. The van der Waals surface area contributed by atoms with Gasteiger partial charge in [-0.05, 0) is 6.07 Å². The Kier molecular flexibility index (Phi) is 2.63. The molecule has 0 fully saturated rings. The number of carboxylic acids is 1. The lowest BCUT2D eigenvalue weighted by molar-refractivity contribution is -0.137. The fourth-order valence-electron chi connectivity index (χ4n) is 2.22. The summed E-state index contributed by atoms with van der Waals surface area (Å²) in [6.07, 6.45) is 2.23. The van der Waals surface area contributed by atoms with Crippen molar-refractivity contribution >= 4 is 23.2 Å². The van der Waals surface area contributed by atoms with Crippen molar-refractivity contribution in [2.75, 3.05) is 13.2 Å². The van der Waals surface area contributed by atoms with Gasteiger partial charge in [0, 0.05) is 23.2 Å². The molecule has 98 valence electrons. The molecule has 1 aliphatic rings. The first-order chi connectivity index (χ1) is 9.19. The van der Waals surface area contributed by atoms with Crippen molar-refractivity contribution in [1.29, 1.82) is 0 Å². The molecule has 0 radical (unpaired) electrons. The molecule has 0 amide bonds. The number of carboxylic acid groups (broad SMARTS) is 1. The molecule has 0 saturated heterocycles. The second-order valence-electron chi connectivity index (χ2n) is 4.24. The van der Waals surface area contributed by atoms with Crippen LogP contribution in [-0.4, -0.2) is 35.1 Å². The summed E-state index contributed by atoms with van der Waals surface area (Å²) in [7, 11) is 0. The van der Waals surface area contributed by atoms with E-state index in [1.165, 1.54) is 10.8 Å². The SMILES string of the molecule is O=Cc1cn(CC(=O)O)c2cc3c(cc12)OCCO3. The van der Waals surface area contributed by atoms with Gasteiger partial charge in [-0.2, -0.15) is 0 Å². The molecule has 2 aromatic rings. The van der Waals surface area contributed by atoms with E-state index >= 15 is 0 Å². The van der Waals surface area contributed by atoms with Crippen LogP contribution >= 0.6 is 0 Å². The third-order valence-electron chi connectivity index (χ3n) is 3.01. The Hall–Kier alpha value is -2.50. The average molecular weight is 261 g/mol. The molecular formula is C13H11NO5. The Balaban J connectivity index is 2.22. The predicted molar refractivity (Wildman–Crippen MR) is 66.0 cm³/mol. The number of ether oxygens (including phenoxy) is 2. The molecule has 19 heavy (non-hydrogen) atoms. The number of carbonyl (C=O) groups excluding carboxylic acids is 1. The lowest BCUT2D eigenvalue weighted by Gasteiger charge is -2.18. The second kappa shape index (κ2) is 4.31. The number of hydrogen-bond acceptors (Lipinski definition) is 4. The van der Waals surface area contributed by atoms with Crippen LogP contribution in [-0.2, 0) is 11.3 Å². The van der Waals surface area contributed by atoms with Crippen LogP contribution in [0.5, 0.6) is 11.5 Å². The standard InChI is InChI=1S/C13H11NO5/c15-7-8-5-14(6-13(16)17)10-4-12-11(3-9(8)10)18-1-2-19-12/h3-5,7H,1-2,6H2,(H,16,17). The van der Waals surface area contributed by atoms with Crippen LogP contribution in [0.1, 0.15) is 10.4 Å². The molecule has 1 aliphatic heterocycles. The summed E-state index contributed by atoms with van der Waals surface area (Å²) in [5.74, 6) is 0.181. The first-order valence-corrected chi connectivity index (χ1v) is 5.78. The molecule has 0 atom stereocenters. The number of aromatic nitrogens is 1. The number of benzene rings is 1. The van der Waals surface area contributed by atoms with Gasteiger partial charge in [0.1, 0.15) is 19.8 Å². The van der Waals surface area contributed by atoms with Crippen molar-refractivity contribution in [3.05, 3.63) is 23.9 Å². The van der Waals surface area contributed by atoms with E-state index in [1.54, 1.807) is 12.1 Å². The highest BCUT2D eigenvalue weighted by molar-refractivity contribution is 5.99. The van der Waals surface area contributed by atoms with Crippen LogP contribution < -0.4 is 9.47 Å². The maximum absolute atomic E-state index is 11.1. The minimum absolute atomic E-state index is 0.204. The molecule has 3 rings (SSSR count). The van der Waals surface area contributed by atoms with Crippen molar-refractivity contribution in [2.45, 2.75) is 6.54 Å². The molecule has 6 nitrogen and oxygen atoms in total. The molecule has 0 unspecified atom stereocenters. The van der Waals surface area contributed by atoms with Gasteiger partial charge < -0.3 is 19.1 Å². The van der Waals surface area contributed by atoms with Crippen molar-refractivity contribution in [2.24, 2.45) is 0 Å². The van der Waals surface area contributed by atoms with E-state index in [2.05, 4.69) is 0 Å². The number of nitrogens with zero attached hydrogens (tertiary/aromatic N) is 1. The zero-order valence-corrected chi connectivity index (χ0v) is 9.96.